The molecule has 23 heavy (non-hydrogen) atoms. The van der Waals surface area contributed by atoms with Crippen molar-refractivity contribution in [2.75, 3.05) is 6.61 Å². The molecule has 5 nitrogen and oxygen atoms in total. The number of benzene rings is 2. The highest BCUT2D eigenvalue weighted by molar-refractivity contribution is 5.78. The highest BCUT2D eigenvalue weighted by Crippen LogP contribution is 2.17. The first-order valence-corrected chi connectivity index (χ1v) is 7.56. The molecule has 1 heterocycles. The van der Waals surface area contributed by atoms with Gasteiger partial charge in [-0.15, -0.1) is 0 Å². The number of fused-ring (bicyclic) bond motifs is 1. The maximum atomic E-state index is 12.0. The number of nitrogens with one attached hydrogen (secondary N) is 2. The van der Waals surface area contributed by atoms with Gasteiger partial charge >= 0.3 is 0 Å². The van der Waals surface area contributed by atoms with Gasteiger partial charge in [-0.2, -0.15) is 0 Å². The van der Waals surface area contributed by atoms with Gasteiger partial charge in [0.25, 0.3) is 5.91 Å². The van der Waals surface area contributed by atoms with Crippen molar-refractivity contribution in [1.82, 2.24) is 15.3 Å². The number of hydrogen-bond donors (Lipinski definition) is 2. The van der Waals surface area contributed by atoms with E-state index in [1.807, 2.05) is 62.4 Å². The Morgan fingerprint density at radius 3 is 2.74 bits per heavy atom. The molecule has 0 unspecified atom stereocenters. The lowest BCUT2D eigenvalue weighted by Crippen LogP contribution is -2.31. The standard InChI is InChI=1S/C18H19N3O2/c1-12-7-3-6-10-16(12)23-11-17(22)19-13(2)18-20-14-8-4-5-9-15(14)21-18/h3-10,13H,11H2,1-2H3,(H,19,22)(H,20,21)/t13-/m0/s1. The number of carbonyl (C=O) groups excluding carboxylic acids is 1. The summed E-state index contributed by atoms with van der Waals surface area (Å²) in [6.45, 7) is 3.82. The molecule has 0 spiro atoms. The zero-order valence-electron chi connectivity index (χ0n) is 13.2. The third kappa shape index (κ3) is 3.51. The van der Waals surface area contributed by atoms with E-state index in [4.69, 9.17) is 4.74 Å². The number of aryl methyl sites for hydroxylation is 1. The molecule has 3 rings (SSSR count). The van der Waals surface area contributed by atoms with Crippen molar-refractivity contribution in [3.05, 3.63) is 59.9 Å². The molecule has 0 bridgehead atoms. The Hall–Kier alpha value is -2.82. The Balaban J connectivity index is 1.60. The maximum Gasteiger partial charge on any atom is 0.258 e. The highest BCUT2D eigenvalue weighted by atomic mass is 16.5. The van der Waals surface area contributed by atoms with E-state index in [1.165, 1.54) is 0 Å². The van der Waals surface area contributed by atoms with Crippen LogP contribution >= 0.6 is 0 Å². The SMILES string of the molecule is Cc1ccccc1OCC(=O)N[C@@H](C)c1nc2ccccc2[nH]1. The predicted molar refractivity (Wildman–Crippen MR) is 89.3 cm³/mol. The van der Waals surface area contributed by atoms with Crippen molar-refractivity contribution < 1.29 is 9.53 Å². The van der Waals surface area contributed by atoms with Gasteiger partial charge in [0.15, 0.2) is 6.61 Å². The van der Waals surface area contributed by atoms with E-state index in [0.717, 1.165) is 28.2 Å². The number of carbonyl (C=O) groups is 1. The molecular formula is C18H19N3O2. The van der Waals surface area contributed by atoms with Crippen LogP contribution in [0.1, 0.15) is 24.4 Å². The van der Waals surface area contributed by atoms with Gasteiger partial charge in [-0.25, -0.2) is 4.98 Å². The summed E-state index contributed by atoms with van der Waals surface area (Å²) >= 11 is 0. The number of ether oxygens (including phenoxy) is 1. The van der Waals surface area contributed by atoms with E-state index in [0.29, 0.717) is 0 Å². The summed E-state index contributed by atoms with van der Waals surface area (Å²) in [5, 5.41) is 2.89. The minimum Gasteiger partial charge on any atom is -0.484 e. The van der Waals surface area contributed by atoms with Crippen LogP contribution in [0.5, 0.6) is 5.75 Å². The summed E-state index contributed by atoms with van der Waals surface area (Å²) in [6.07, 6.45) is 0. The van der Waals surface area contributed by atoms with Gasteiger partial charge in [0.1, 0.15) is 11.6 Å². The summed E-state index contributed by atoms with van der Waals surface area (Å²) in [6, 6.07) is 15.2. The molecule has 3 aromatic rings. The second-order valence-electron chi connectivity index (χ2n) is 5.48. The molecule has 0 aliphatic carbocycles. The quantitative estimate of drug-likeness (QED) is 0.761. The van der Waals surface area contributed by atoms with E-state index in [9.17, 15) is 4.79 Å². The number of para-hydroxylation sites is 3. The number of hydrogen-bond acceptors (Lipinski definition) is 3. The molecule has 2 aromatic carbocycles. The van der Waals surface area contributed by atoms with Crippen LogP contribution in [0.15, 0.2) is 48.5 Å². The average molecular weight is 309 g/mol. The van der Waals surface area contributed by atoms with Gasteiger partial charge in [-0.3, -0.25) is 4.79 Å². The molecule has 2 N–H and O–H groups in total. The monoisotopic (exact) mass is 309 g/mol. The van der Waals surface area contributed by atoms with Crippen molar-refractivity contribution in [2.45, 2.75) is 19.9 Å². The van der Waals surface area contributed by atoms with Crippen LogP contribution < -0.4 is 10.1 Å². The lowest BCUT2D eigenvalue weighted by Gasteiger charge is -2.13. The molecule has 0 saturated carbocycles. The smallest absolute Gasteiger partial charge is 0.258 e. The number of nitrogens with zero attached hydrogens (tertiary/aromatic N) is 1. The van der Waals surface area contributed by atoms with E-state index < -0.39 is 0 Å². The fraction of sp³-hybridized carbons (Fsp3) is 0.222. The number of imidazole rings is 1. The molecule has 0 radical (unpaired) electrons. The Morgan fingerprint density at radius 2 is 1.96 bits per heavy atom. The van der Waals surface area contributed by atoms with Crippen molar-refractivity contribution in [1.29, 1.82) is 0 Å². The first kappa shape index (κ1) is 15.1. The summed E-state index contributed by atoms with van der Waals surface area (Å²) in [5.74, 6) is 1.27. The predicted octanol–water partition coefficient (Wildman–Crippen LogP) is 3.13. The van der Waals surface area contributed by atoms with Crippen LogP contribution in [0.4, 0.5) is 0 Å². The van der Waals surface area contributed by atoms with Crippen LogP contribution in [0, 0.1) is 6.92 Å². The third-order valence-electron chi connectivity index (χ3n) is 3.65. The molecular weight excluding hydrogens is 290 g/mol. The molecule has 5 heteroatoms. The Bertz CT molecular complexity index is 793. The number of H-pyrrole nitrogens is 1. The van der Waals surface area contributed by atoms with Crippen LogP contribution in [0.25, 0.3) is 11.0 Å². The Kier molecular flexibility index (Phi) is 4.28. The van der Waals surface area contributed by atoms with Crippen molar-refractivity contribution in [3.63, 3.8) is 0 Å². The van der Waals surface area contributed by atoms with Crippen molar-refractivity contribution >= 4 is 16.9 Å². The van der Waals surface area contributed by atoms with Gasteiger partial charge < -0.3 is 15.0 Å². The highest BCUT2D eigenvalue weighted by Gasteiger charge is 2.14. The average Bonchev–Trinajstić information content (AvgIpc) is 2.98. The van der Waals surface area contributed by atoms with Crippen LogP contribution in [0.2, 0.25) is 0 Å². The number of aromatic amines is 1. The van der Waals surface area contributed by atoms with E-state index >= 15 is 0 Å². The summed E-state index contributed by atoms with van der Waals surface area (Å²) in [4.78, 5) is 19.8. The van der Waals surface area contributed by atoms with Crippen molar-refractivity contribution in [2.24, 2.45) is 0 Å². The molecule has 0 aliphatic rings. The maximum absolute atomic E-state index is 12.0. The van der Waals surface area contributed by atoms with Crippen LogP contribution in [-0.2, 0) is 4.79 Å². The second kappa shape index (κ2) is 6.52. The lowest BCUT2D eigenvalue weighted by molar-refractivity contribution is -0.123. The van der Waals surface area contributed by atoms with Crippen LogP contribution in [0.3, 0.4) is 0 Å². The first-order chi connectivity index (χ1) is 11.1. The molecule has 1 amide bonds. The number of aromatic nitrogens is 2. The van der Waals surface area contributed by atoms with Gasteiger partial charge in [0, 0.05) is 0 Å². The molecule has 0 fully saturated rings. The van der Waals surface area contributed by atoms with E-state index in [-0.39, 0.29) is 18.6 Å². The molecule has 118 valence electrons. The summed E-state index contributed by atoms with van der Waals surface area (Å²) < 4.78 is 5.55. The van der Waals surface area contributed by atoms with Gasteiger partial charge in [-0.05, 0) is 37.6 Å². The zero-order chi connectivity index (χ0) is 16.2. The fourth-order valence-corrected chi connectivity index (χ4v) is 2.39. The zero-order valence-corrected chi connectivity index (χ0v) is 13.2. The topological polar surface area (TPSA) is 67.0 Å². The minimum atomic E-state index is -0.213. The fourth-order valence-electron chi connectivity index (χ4n) is 2.39. The van der Waals surface area contributed by atoms with Crippen LogP contribution in [-0.4, -0.2) is 22.5 Å². The van der Waals surface area contributed by atoms with Gasteiger partial charge in [-0.1, -0.05) is 30.3 Å². The Morgan fingerprint density at radius 1 is 1.22 bits per heavy atom. The molecule has 1 aromatic heterocycles. The molecule has 0 saturated heterocycles. The van der Waals surface area contributed by atoms with E-state index in [1.54, 1.807) is 0 Å². The van der Waals surface area contributed by atoms with E-state index in [2.05, 4.69) is 15.3 Å². The second-order valence-corrected chi connectivity index (χ2v) is 5.48. The molecule has 0 aliphatic heterocycles. The first-order valence-electron chi connectivity index (χ1n) is 7.56. The lowest BCUT2D eigenvalue weighted by atomic mass is 10.2. The number of rotatable bonds is 5. The number of amides is 1. The van der Waals surface area contributed by atoms with Gasteiger partial charge in [0.2, 0.25) is 0 Å². The normalized spacial score (nSPS) is 12.1. The summed E-state index contributed by atoms with van der Waals surface area (Å²) in [7, 11) is 0. The summed E-state index contributed by atoms with van der Waals surface area (Å²) in [5.41, 5.74) is 2.85. The third-order valence-corrected chi connectivity index (χ3v) is 3.65. The van der Waals surface area contributed by atoms with Gasteiger partial charge in [0.05, 0.1) is 17.1 Å². The largest absolute Gasteiger partial charge is 0.484 e. The Labute approximate surface area is 134 Å². The minimum absolute atomic E-state index is 0.0184. The molecule has 1 atom stereocenters. The van der Waals surface area contributed by atoms with Crippen molar-refractivity contribution in [3.8, 4) is 5.75 Å².